The number of thiazole rings is 1. The van der Waals surface area contributed by atoms with Crippen molar-refractivity contribution >= 4 is 17.2 Å². The summed E-state index contributed by atoms with van der Waals surface area (Å²) in [6, 6.07) is 18.7. The lowest BCUT2D eigenvalue weighted by molar-refractivity contribution is -0.137. The molecule has 2 aromatic carbocycles. The van der Waals surface area contributed by atoms with Gasteiger partial charge in [0.1, 0.15) is 5.01 Å². The molecule has 8 heteroatoms. The number of benzene rings is 2. The third-order valence-corrected chi connectivity index (χ3v) is 6.76. The highest BCUT2D eigenvalue weighted by Gasteiger charge is 2.32. The molecule has 0 spiro atoms. The monoisotopic (exact) mass is 467 g/mol. The van der Waals surface area contributed by atoms with Crippen LogP contribution in [-0.4, -0.2) is 26.9 Å². The first-order valence-corrected chi connectivity index (χ1v) is 11.4. The third kappa shape index (κ3) is 4.30. The van der Waals surface area contributed by atoms with E-state index in [9.17, 15) is 18.0 Å². The maximum Gasteiger partial charge on any atom is 0.416 e. The smallest absolute Gasteiger partial charge is 0.348 e. The molecule has 0 N–H and O–H groups in total. The molecule has 4 aromatic rings. The topological polar surface area (TPSA) is 38.1 Å². The normalized spacial score (nSPS) is 16.0. The molecule has 0 fully saturated rings. The summed E-state index contributed by atoms with van der Waals surface area (Å²) < 4.78 is 40.6. The van der Waals surface area contributed by atoms with Gasteiger partial charge in [0.15, 0.2) is 0 Å². The fourth-order valence-electron chi connectivity index (χ4n) is 4.22. The van der Waals surface area contributed by atoms with Crippen molar-refractivity contribution in [2.75, 3.05) is 6.54 Å². The summed E-state index contributed by atoms with van der Waals surface area (Å²) in [5, 5.41) is 2.40. The first-order chi connectivity index (χ1) is 15.9. The zero-order chi connectivity index (χ0) is 23.0. The molecule has 1 atom stereocenters. The van der Waals surface area contributed by atoms with Gasteiger partial charge in [-0.1, -0.05) is 42.5 Å². The van der Waals surface area contributed by atoms with Crippen LogP contribution in [0.4, 0.5) is 13.2 Å². The van der Waals surface area contributed by atoms with E-state index in [0.717, 1.165) is 29.9 Å². The van der Waals surface area contributed by atoms with Crippen LogP contribution in [0.15, 0.2) is 78.3 Å². The maximum absolute atomic E-state index is 13.3. The van der Waals surface area contributed by atoms with Gasteiger partial charge < -0.3 is 9.47 Å². The quantitative estimate of drug-likeness (QED) is 0.380. The van der Waals surface area contributed by atoms with Crippen LogP contribution in [0.3, 0.4) is 0 Å². The fourth-order valence-corrected chi connectivity index (χ4v) is 5.04. The summed E-state index contributed by atoms with van der Waals surface area (Å²) in [5.74, 6) is -0.0272. The van der Waals surface area contributed by atoms with Crippen molar-refractivity contribution < 1.29 is 18.0 Å². The number of rotatable bonds is 4. The van der Waals surface area contributed by atoms with Crippen LogP contribution in [0.1, 0.15) is 28.6 Å². The van der Waals surface area contributed by atoms with Crippen molar-refractivity contribution in [1.82, 2.24) is 14.5 Å². The number of carbonyl (C=O) groups excluding carboxylic acids is 1. The molecule has 1 aliphatic heterocycles. The van der Waals surface area contributed by atoms with E-state index >= 15 is 0 Å². The molecule has 0 bridgehead atoms. The largest absolute Gasteiger partial charge is 0.416 e. The molecule has 0 radical (unpaired) electrons. The van der Waals surface area contributed by atoms with Gasteiger partial charge in [-0.3, -0.25) is 4.79 Å². The Kier molecular flexibility index (Phi) is 5.54. The number of aromatic nitrogens is 2. The highest BCUT2D eigenvalue weighted by molar-refractivity contribution is 7.13. The number of nitrogens with zero attached hydrogens (tertiary/aromatic N) is 3. The molecular weight excluding hydrogens is 447 g/mol. The van der Waals surface area contributed by atoms with Crippen molar-refractivity contribution in [2.24, 2.45) is 0 Å². The third-order valence-electron chi connectivity index (χ3n) is 5.82. The first-order valence-electron chi connectivity index (χ1n) is 10.5. The summed E-state index contributed by atoms with van der Waals surface area (Å²) in [7, 11) is 0. The van der Waals surface area contributed by atoms with Gasteiger partial charge in [0.05, 0.1) is 23.7 Å². The number of fused-ring (bicyclic) bond motifs is 1. The molecule has 1 amide bonds. The van der Waals surface area contributed by atoms with E-state index in [4.69, 9.17) is 0 Å². The van der Waals surface area contributed by atoms with Crippen LogP contribution in [-0.2, 0) is 23.9 Å². The second kappa shape index (κ2) is 8.51. The Labute approximate surface area is 192 Å². The highest BCUT2D eigenvalue weighted by atomic mass is 32.1. The van der Waals surface area contributed by atoms with E-state index in [-0.39, 0.29) is 18.4 Å². The molecule has 0 saturated heterocycles. The highest BCUT2D eigenvalue weighted by Crippen LogP contribution is 2.34. The number of hydrogen-bond acceptors (Lipinski definition) is 3. The van der Waals surface area contributed by atoms with Gasteiger partial charge in [-0.15, -0.1) is 11.3 Å². The molecule has 2 aromatic heterocycles. The zero-order valence-corrected chi connectivity index (χ0v) is 18.3. The number of hydrogen-bond donors (Lipinski definition) is 0. The number of carbonyl (C=O) groups is 1. The van der Waals surface area contributed by atoms with Gasteiger partial charge in [-0.25, -0.2) is 4.98 Å². The number of amides is 1. The van der Waals surface area contributed by atoms with Crippen LogP contribution < -0.4 is 0 Å². The SMILES string of the molecule is O=C(Cc1csc(-c2ccc(C(F)(F)F)cc2)n1)N1CCn2cccc2C1c1ccccc1. The minimum Gasteiger partial charge on any atom is -0.348 e. The zero-order valence-electron chi connectivity index (χ0n) is 17.5. The lowest BCUT2D eigenvalue weighted by atomic mass is 9.99. The van der Waals surface area contributed by atoms with E-state index in [0.29, 0.717) is 22.8 Å². The van der Waals surface area contributed by atoms with E-state index in [1.54, 1.807) is 5.38 Å². The predicted octanol–water partition coefficient (Wildman–Crippen LogP) is 5.80. The summed E-state index contributed by atoms with van der Waals surface area (Å²) in [6.45, 7) is 1.32. The second-order valence-electron chi connectivity index (χ2n) is 7.92. The standard InChI is InChI=1S/C25H20F3N3OS/c26-25(27,28)19-10-8-18(9-11-19)24-29-20(16-33-24)15-22(32)31-14-13-30-12-4-7-21(30)23(31)17-5-2-1-3-6-17/h1-12,16,23H,13-15H2. The van der Waals surface area contributed by atoms with E-state index in [2.05, 4.69) is 9.55 Å². The Morgan fingerprint density at radius 2 is 1.76 bits per heavy atom. The Hall–Kier alpha value is -3.39. The van der Waals surface area contributed by atoms with Crippen LogP contribution in [0.5, 0.6) is 0 Å². The van der Waals surface area contributed by atoms with Crippen LogP contribution in [0.25, 0.3) is 10.6 Å². The molecule has 3 heterocycles. The van der Waals surface area contributed by atoms with Gasteiger partial charge in [-0.2, -0.15) is 13.2 Å². The molecular formula is C25H20F3N3OS. The van der Waals surface area contributed by atoms with Crippen molar-refractivity contribution in [3.8, 4) is 10.6 Å². The van der Waals surface area contributed by atoms with E-state index in [1.807, 2.05) is 53.6 Å². The summed E-state index contributed by atoms with van der Waals surface area (Å²) in [5.41, 5.74) is 2.65. The van der Waals surface area contributed by atoms with Gasteiger partial charge in [0.25, 0.3) is 0 Å². The molecule has 0 saturated carbocycles. The Morgan fingerprint density at radius 3 is 2.48 bits per heavy atom. The molecule has 168 valence electrons. The maximum atomic E-state index is 13.3. The fraction of sp³-hybridized carbons (Fsp3) is 0.200. The minimum atomic E-state index is -4.37. The predicted molar refractivity (Wildman–Crippen MR) is 121 cm³/mol. The molecule has 4 nitrogen and oxygen atoms in total. The molecule has 1 aliphatic rings. The van der Waals surface area contributed by atoms with Crippen molar-refractivity contribution in [1.29, 1.82) is 0 Å². The Balaban J connectivity index is 1.36. The average Bonchev–Trinajstić information content (AvgIpc) is 3.48. The molecule has 0 aliphatic carbocycles. The lowest BCUT2D eigenvalue weighted by Crippen LogP contribution is -2.43. The van der Waals surface area contributed by atoms with Crippen LogP contribution in [0, 0.1) is 0 Å². The summed E-state index contributed by atoms with van der Waals surface area (Å²) >= 11 is 1.32. The van der Waals surface area contributed by atoms with Crippen molar-refractivity contribution in [2.45, 2.75) is 25.2 Å². The van der Waals surface area contributed by atoms with Crippen molar-refractivity contribution in [3.63, 3.8) is 0 Å². The number of alkyl halides is 3. The van der Waals surface area contributed by atoms with Crippen LogP contribution >= 0.6 is 11.3 Å². The minimum absolute atomic E-state index is 0.0272. The van der Waals surface area contributed by atoms with E-state index < -0.39 is 11.7 Å². The van der Waals surface area contributed by atoms with Gasteiger partial charge in [-0.05, 0) is 29.8 Å². The van der Waals surface area contributed by atoms with E-state index in [1.165, 1.54) is 23.5 Å². The second-order valence-corrected chi connectivity index (χ2v) is 8.78. The average molecular weight is 468 g/mol. The molecule has 33 heavy (non-hydrogen) atoms. The Bertz CT molecular complexity index is 1260. The van der Waals surface area contributed by atoms with Gasteiger partial charge in [0.2, 0.25) is 5.91 Å². The molecule has 1 unspecified atom stereocenters. The van der Waals surface area contributed by atoms with Gasteiger partial charge in [0, 0.05) is 35.9 Å². The number of halogens is 3. The van der Waals surface area contributed by atoms with Crippen LogP contribution in [0.2, 0.25) is 0 Å². The van der Waals surface area contributed by atoms with Gasteiger partial charge >= 0.3 is 6.18 Å². The molecule has 5 rings (SSSR count). The lowest BCUT2D eigenvalue weighted by Gasteiger charge is -2.37. The summed E-state index contributed by atoms with van der Waals surface area (Å²) in [6.07, 6.45) is -2.20. The first kappa shape index (κ1) is 21.5. The van der Waals surface area contributed by atoms with Crippen molar-refractivity contribution in [3.05, 3.63) is 101 Å². The summed E-state index contributed by atoms with van der Waals surface area (Å²) in [4.78, 5) is 19.8. The Morgan fingerprint density at radius 1 is 1.00 bits per heavy atom.